The molecular formula is C24H24N2O6. The van der Waals surface area contributed by atoms with Crippen LogP contribution in [0.5, 0.6) is 23.0 Å². The van der Waals surface area contributed by atoms with E-state index in [0.29, 0.717) is 45.5 Å². The third kappa shape index (κ3) is 4.92. The van der Waals surface area contributed by atoms with Gasteiger partial charge in [-0.25, -0.2) is 0 Å². The Balaban J connectivity index is 1.71. The molecule has 0 unspecified atom stereocenters. The molecular weight excluding hydrogens is 412 g/mol. The quantitative estimate of drug-likeness (QED) is 0.549. The molecule has 0 spiro atoms. The minimum absolute atomic E-state index is 0.295. The van der Waals surface area contributed by atoms with Gasteiger partial charge in [0.15, 0.2) is 11.5 Å². The van der Waals surface area contributed by atoms with Crippen molar-refractivity contribution in [3.05, 3.63) is 71.8 Å². The van der Waals surface area contributed by atoms with Gasteiger partial charge in [-0.3, -0.25) is 9.59 Å². The highest BCUT2D eigenvalue weighted by atomic mass is 16.5. The Morgan fingerprint density at radius 3 is 1.59 bits per heavy atom. The molecule has 0 aromatic heterocycles. The molecule has 0 atom stereocenters. The maximum Gasteiger partial charge on any atom is 0.263 e. The molecule has 0 saturated heterocycles. The predicted molar refractivity (Wildman–Crippen MR) is 121 cm³/mol. The molecule has 0 aliphatic carbocycles. The van der Waals surface area contributed by atoms with E-state index in [9.17, 15) is 9.59 Å². The molecule has 166 valence electrons. The summed E-state index contributed by atoms with van der Waals surface area (Å²) in [6.45, 7) is 0. The average Bonchev–Trinajstić information content (AvgIpc) is 2.83. The van der Waals surface area contributed by atoms with Gasteiger partial charge in [0.05, 0.1) is 28.4 Å². The van der Waals surface area contributed by atoms with E-state index in [0.717, 1.165) is 0 Å². The van der Waals surface area contributed by atoms with Gasteiger partial charge in [-0.05, 0) is 54.6 Å². The van der Waals surface area contributed by atoms with Crippen LogP contribution in [0, 0.1) is 0 Å². The summed E-state index contributed by atoms with van der Waals surface area (Å²) in [7, 11) is 6.01. The Labute approximate surface area is 186 Å². The fourth-order valence-corrected chi connectivity index (χ4v) is 3.09. The predicted octanol–water partition coefficient (Wildman–Crippen LogP) is 4.23. The SMILES string of the molecule is COc1ccc(C(=O)Nc2ccc(NC(=O)c3c(OC)cccc3OC)cc2)cc1OC. The topological polar surface area (TPSA) is 95.1 Å². The van der Waals surface area contributed by atoms with E-state index in [1.54, 1.807) is 60.7 Å². The van der Waals surface area contributed by atoms with Crippen molar-refractivity contribution in [1.29, 1.82) is 0 Å². The molecule has 3 aromatic carbocycles. The van der Waals surface area contributed by atoms with Crippen LogP contribution in [-0.2, 0) is 0 Å². The number of methoxy groups -OCH3 is 4. The van der Waals surface area contributed by atoms with Crippen molar-refractivity contribution >= 4 is 23.2 Å². The van der Waals surface area contributed by atoms with Crippen molar-refractivity contribution < 1.29 is 28.5 Å². The fraction of sp³-hybridized carbons (Fsp3) is 0.167. The number of rotatable bonds is 8. The summed E-state index contributed by atoms with van der Waals surface area (Å²) in [5, 5.41) is 5.61. The Bertz CT molecular complexity index is 1090. The Kier molecular flexibility index (Phi) is 7.17. The van der Waals surface area contributed by atoms with Crippen LogP contribution in [-0.4, -0.2) is 40.3 Å². The standard InChI is InChI=1S/C24H24N2O6/c1-29-18-13-8-15(14-21(18)32-4)23(27)25-16-9-11-17(12-10-16)26-24(28)22-19(30-2)6-5-7-20(22)31-3/h5-14H,1-4H3,(H,25,27)(H,26,28). The van der Waals surface area contributed by atoms with Crippen LogP contribution in [0.25, 0.3) is 0 Å². The Hall–Kier alpha value is -4.20. The summed E-state index contributed by atoms with van der Waals surface area (Å²) in [4.78, 5) is 25.3. The first-order valence-corrected chi connectivity index (χ1v) is 9.66. The minimum Gasteiger partial charge on any atom is -0.496 e. The van der Waals surface area contributed by atoms with Crippen LogP contribution in [0.15, 0.2) is 60.7 Å². The van der Waals surface area contributed by atoms with E-state index in [2.05, 4.69) is 10.6 Å². The molecule has 0 saturated carbocycles. The highest BCUT2D eigenvalue weighted by Crippen LogP contribution is 2.30. The van der Waals surface area contributed by atoms with Crippen LogP contribution >= 0.6 is 0 Å². The molecule has 0 aliphatic rings. The van der Waals surface area contributed by atoms with Crippen molar-refractivity contribution in [1.82, 2.24) is 0 Å². The molecule has 8 heteroatoms. The van der Waals surface area contributed by atoms with Crippen molar-refractivity contribution in [2.45, 2.75) is 0 Å². The molecule has 2 N–H and O–H groups in total. The Morgan fingerprint density at radius 2 is 1.09 bits per heavy atom. The monoisotopic (exact) mass is 436 g/mol. The second-order valence-corrected chi connectivity index (χ2v) is 6.59. The largest absolute Gasteiger partial charge is 0.496 e. The highest BCUT2D eigenvalue weighted by molar-refractivity contribution is 6.08. The van der Waals surface area contributed by atoms with Crippen LogP contribution in [0.2, 0.25) is 0 Å². The van der Waals surface area contributed by atoms with E-state index in [4.69, 9.17) is 18.9 Å². The van der Waals surface area contributed by atoms with Gasteiger partial charge in [-0.1, -0.05) is 6.07 Å². The maximum absolute atomic E-state index is 12.8. The van der Waals surface area contributed by atoms with E-state index in [1.165, 1.54) is 28.4 Å². The van der Waals surface area contributed by atoms with Crippen LogP contribution in [0.4, 0.5) is 11.4 Å². The molecule has 0 fully saturated rings. The van der Waals surface area contributed by atoms with Crippen molar-refractivity contribution in [3.8, 4) is 23.0 Å². The van der Waals surface area contributed by atoms with E-state index in [-0.39, 0.29) is 11.8 Å². The van der Waals surface area contributed by atoms with Gasteiger partial charge in [-0.15, -0.1) is 0 Å². The second kappa shape index (κ2) is 10.2. The number of hydrogen-bond acceptors (Lipinski definition) is 6. The summed E-state index contributed by atoms with van der Waals surface area (Å²) in [5.41, 5.74) is 1.83. The number of anilines is 2. The van der Waals surface area contributed by atoms with Crippen LogP contribution in [0.1, 0.15) is 20.7 Å². The first-order valence-electron chi connectivity index (χ1n) is 9.66. The lowest BCUT2D eigenvalue weighted by atomic mass is 10.1. The number of ether oxygens (including phenoxy) is 4. The molecule has 2 amide bonds. The molecule has 3 rings (SSSR count). The van der Waals surface area contributed by atoms with Crippen molar-refractivity contribution in [2.24, 2.45) is 0 Å². The normalized spacial score (nSPS) is 10.1. The summed E-state index contributed by atoms with van der Waals surface area (Å²) < 4.78 is 21.0. The minimum atomic E-state index is -0.374. The van der Waals surface area contributed by atoms with Crippen LogP contribution in [0.3, 0.4) is 0 Å². The smallest absolute Gasteiger partial charge is 0.263 e. The number of carbonyl (C=O) groups excluding carboxylic acids is 2. The second-order valence-electron chi connectivity index (χ2n) is 6.59. The number of amides is 2. The summed E-state index contributed by atoms with van der Waals surface area (Å²) >= 11 is 0. The third-order valence-corrected chi connectivity index (χ3v) is 4.70. The van der Waals surface area contributed by atoms with Gasteiger partial charge in [0, 0.05) is 16.9 Å². The number of benzene rings is 3. The molecule has 0 bridgehead atoms. The zero-order valence-corrected chi connectivity index (χ0v) is 18.2. The lowest BCUT2D eigenvalue weighted by Gasteiger charge is -2.13. The lowest BCUT2D eigenvalue weighted by molar-refractivity contribution is 0.101. The number of hydrogen-bond donors (Lipinski definition) is 2. The van der Waals surface area contributed by atoms with Crippen molar-refractivity contribution in [2.75, 3.05) is 39.1 Å². The average molecular weight is 436 g/mol. The summed E-state index contributed by atoms with van der Waals surface area (Å²) in [5.74, 6) is 1.13. The summed E-state index contributed by atoms with van der Waals surface area (Å²) in [6, 6.07) is 16.8. The molecule has 0 heterocycles. The third-order valence-electron chi connectivity index (χ3n) is 4.70. The van der Waals surface area contributed by atoms with Gasteiger partial charge in [-0.2, -0.15) is 0 Å². The number of carbonyl (C=O) groups is 2. The fourth-order valence-electron chi connectivity index (χ4n) is 3.09. The molecule has 3 aromatic rings. The summed E-state index contributed by atoms with van der Waals surface area (Å²) in [6.07, 6.45) is 0. The van der Waals surface area contributed by atoms with E-state index < -0.39 is 0 Å². The Morgan fingerprint density at radius 1 is 0.594 bits per heavy atom. The first kappa shape index (κ1) is 22.5. The van der Waals surface area contributed by atoms with Crippen molar-refractivity contribution in [3.63, 3.8) is 0 Å². The van der Waals surface area contributed by atoms with Gasteiger partial charge in [0.2, 0.25) is 0 Å². The van der Waals surface area contributed by atoms with Crippen LogP contribution < -0.4 is 29.6 Å². The lowest BCUT2D eigenvalue weighted by Crippen LogP contribution is -2.15. The molecule has 32 heavy (non-hydrogen) atoms. The van der Waals surface area contributed by atoms with Gasteiger partial charge < -0.3 is 29.6 Å². The number of nitrogens with one attached hydrogen (secondary N) is 2. The zero-order chi connectivity index (χ0) is 23.1. The first-order chi connectivity index (χ1) is 15.5. The maximum atomic E-state index is 12.8. The van der Waals surface area contributed by atoms with E-state index in [1.807, 2.05) is 0 Å². The van der Waals surface area contributed by atoms with Gasteiger partial charge >= 0.3 is 0 Å². The van der Waals surface area contributed by atoms with Gasteiger partial charge in [0.25, 0.3) is 11.8 Å². The van der Waals surface area contributed by atoms with Gasteiger partial charge in [0.1, 0.15) is 17.1 Å². The molecule has 0 radical (unpaired) electrons. The molecule has 8 nitrogen and oxygen atoms in total. The van der Waals surface area contributed by atoms with E-state index >= 15 is 0 Å². The highest BCUT2D eigenvalue weighted by Gasteiger charge is 2.18. The molecule has 0 aliphatic heterocycles. The zero-order valence-electron chi connectivity index (χ0n) is 18.2.